The molecule has 4 rings (SSSR count). The van der Waals surface area contributed by atoms with Crippen molar-refractivity contribution in [3.8, 4) is 11.5 Å². The number of benzene rings is 1. The largest absolute Gasteiger partial charge is 0.461 e. The highest BCUT2D eigenvalue weighted by atomic mass is 19.1. The van der Waals surface area contributed by atoms with Crippen molar-refractivity contribution in [2.45, 2.75) is 6.54 Å². The first-order valence-electron chi connectivity index (χ1n) is 8.01. The van der Waals surface area contributed by atoms with Gasteiger partial charge in [-0.15, -0.1) is 0 Å². The third-order valence-corrected chi connectivity index (χ3v) is 4.27. The summed E-state index contributed by atoms with van der Waals surface area (Å²) in [6.45, 7) is 4.03. The fraction of sp³-hybridized carbons (Fsp3) is 0.278. The number of halogens is 1. The molecule has 124 valence electrons. The molecule has 0 aliphatic carbocycles. The van der Waals surface area contributed by atoms with E-state index in [0.717, 1.165) is 38.4 Å². The van der Waals surface area contributed by atoms with Gasteiger partial charge in [0, 0.05) is 38.8 Å². The van der Waals surface area contributed by atoms with Crippen LogP contribution in [0.1, 0.15) is 5.69 Å². The predicted octanol–water partition coefficient (Wildman–Crippen LogP) is 3.40. The minimum atomic E-state index is -0.162. The lowest BCUT2D eigenvalue weighted by Gasteiger charge is -2.35. The summed E-state index contributed by atoms with van der Waals surface area (Å²) < 4.78 is 24.5. The van der Waals surface area contributed by atoms with E-state index in [-0.39, 0.29) is 5.82 Å². The van der Waals surface area contributed by atoms with E-state index in [1.165, 1.54) is 6.07 Å². The fourth-order valence-corrected chi connectivity index (χ4v) is 3.01. The number of para-hydroxylation sites is 1. The standard InChI is InChI=1S/C18H18FN3O2/c19-15-4-1-2-5-16(15)22-9-7-21(8-10-22)13-14-12-18(24-20-14)17-6-3-11-23-17/h1-6,11-12H,7-10,13H2. The van der Waals surface area contributed by atoms with Crippen LogP contribution in [0.2, 0.25) is 0 Å². The van der Waals surface area contributed by atoms with Crippen LogP contribution in [0.5, 0.6) is 0 Å². The van der Waals surface area contributed by atoms with Crippen LogP contribution >= 0.6 is 0 Å². The molecule has 1 aromatic carbocycles. The Morgan fingerprint density at radius 1 is 1.00 bits per heavy atom. The SMILES string of the molecule is Fc1ccccc1N1CCN(Cc2cc(-c3ccco3)on2)CC1. The lowest BCUT2D eigenvalue weighted by molar-refractivity contribution is 0.241. The van der Waals surface area contributed by atoms with Crippen molar-refractivity contribution in [2.24, 2.45) is 0 Å². The van der Waals surface area contributed by atoms with Gasteiger partial charge in [0.05, 0.1) is 17.6 Å². The van der Waals surface area contributed by atoms with E-state index >= 15 is 0 Å². The third-order valence-electron chi connectivity index (χ3n) is 4.27. The molecule has 0 bridgehead atoms. The smallest absolute Gasteiger partial charge is 0.202 e. The van der Waals surface area contributed by atoms with Gasteiger partial charge in [0.2, 0.25) is 5.76 Å². The lowest BCUT2D eigenvalue weighted by atomic mass is 10.2. The molecular formula is C18H18FN3O2. The number of piperazine rings is 1. The molecule has 0 spiro atoms. The maximum Gasteiger partial charge on any atom is 0.202 e. The van der Waals surface area contributed by atoms with Crippen LogP contribution in [0.4, 0.5) is 10.1 Å². The Kier molecular flexibility index (Phi) is 4.04. The highest BCUT2D eigenvalue weighted by Crippen LogP contribution is 2.23. The van der Waals surface area contributed by atoms with Crippen LogP contribution in [0.25, 0.3) is 11.5 Å². The van der Waals surface area contributed by atoms with E-state index in [2.05, 4.69) is 15.0 Å². The molecule has 2 aromatic heterocycles. The normalized spacial score (nSPS) is 15.8. The molecule has 0 radical (unpaired) electrons. The lowest BCUT2D eigenvalue weighted by Crippen LogP contribution is -2.46. The summed E-state index contributed by atoms with van der Waals surface area (Å²) in [6, 6.07) is 12.5. The van der Waals surface area contributed by atoms with Crippen LogP contribution in [0.15, 0.2) is 57.7 Å². The molecule has 0 atom stereocenters. The number of nitrogens with zero attached hydrogens (tertiary/aromatic N) is 3. The summed E-state index contributed by atoms with van der Waals surface area (Å²) in [5, 5.41) is 4.11. The molecule has 0 unspecified atom stereocenters. The Morgan fingerprint density at radius 3 is 2.58 bits per heavy atom. The topological polar surface area (TPSA) is 45.7 Å². The van der Waals surface area contributed by atoms with Gasteiger partial charge in [-0.2, -0.15) is 0 Å². The summed E-state index contributed by atoms with van der Waals surface area (Å²) in [7, 11) is 0. The van der Waals surface area contributed by atoms with Crippen LogP contribution in [0, 0.1) is 5.82 Å². The summed E-state index contributed by atoms with van der Waals surface area (Å²) >= 11 is 0. The van der Waals surface area contributed by atoms with Gasteiger partial charge in [-0.05, 0) is 24.3 Å². The molecule has 3 heterocycles. The second kappa shape index (κ2) is 6.49. The van der Waals surface area contributed by atoms with Crippen LogP contribution in [-0.2, 0) is 6.54 Å². The summed E-state index contributed by atoms with van der Waals surface area (Å²) in [4.78, 5) is 4.38. The van der Waals surface area contributed by atoms with Crippen molar-refractivity contribution in [1.29, 1.82) is 0 Å². The van der Waals surface area contributed by atoms with E-state index < -0.39 is 0 Å². The zero-order valence-electron chi connectivity index (χ0n) is 13.2. The molecule has 0 amide bonds. The van der Waals surface area contributed by atoms with Crippen molar-refractivity contribution in [2.75, 3.05) is 31.1 Å². The van der Waals surface area contributed by atoms with Crippen molar-refractivity contribution in [3.05, 3.63) is 60.2 Å². The van der Waals surface area contributed by atoms with E-state index in [9.17, 15) is 4.39 Å². The van der Waals surface area contributed by atoms with Gasteiger partial charge in [-0.25, -0.2) is 4.39 Å². The molecule has 1 aliphatic rings. The Balaban J connectivity index is 1.36. The fourth-order valence-electron chi connectivity index (χ4n) is 3.01. The zero-order valence-corrected chi connectivity index (χ0v) is 13.2. The first kappa shape index (κ1) is 15.0. The number of rotatable bonds is 4. The van der Waals surface area contributed by atoms with Gasteiger partial charge in [0.15, 0.2) is 5.76 Å². The minimum Gasteiger partial charge on any atom is -0.461 e. The van der Waals surface area contributed by atoms with E-state index in [4.69, 9.17) is 8.94 Å². The number of hydrogen-bond donors (Lipinski definition) is 0. The maximum atomic E-state index is 13.9. The van der Waals surface area contributed by atoms with Gasteiger partial charge < -0.3 is 13.8 Å². The second-order valence-electron chi connectivity index (χ2n) is 5.87. The second-order valence-corrected chi connectivity index (χ2v) is 5.87. The maximum absolute atomic E-state index is 13.9. The highest BCUT2D eigenvalue weighted by molar-refractivity contribution is 5.49. The molecule has 0 N–H and O–H groups in total. The quantitative estimate of drug-likeness (QED) is 0.735. The Hall–Kier alpha value is -2.60. The summed E-state index contributed by atoms with van der Waals surface area (Å²) in [6.07, 6.45) is 1.61. The van der Waals surface area contributed by atoms with E-state index in [1.807, 2.05) is 30.3 Å². The number of hydrogen-bond acceptors (Lipinski definition) is 5. The van der Waals surface area contributed by atoms with Crippen molar-refractivity contribution in [3.63, 3.8) is 0 Å². The third kappa shape index (κ3) is 3.05. The Bertz CT molecular complexity index is 792. The molecule has 24 heavy (non-hydrogen) atoms. The van der Waals surface area contributed by atoms with Gasteiger partial charge in [0.25, 0.3) is 0 Å². The number of anilines is 1. The first-order chi connectivity index (χ1) is 11.8. The molecule has 0 saturated carbocycles. The summed E-state index contributed by atoms with van der Waals surface area (Å²) in [5.41, 5.74) is 1.56. The Labute approximate surface area is 139 Å². The molecule has 1 aliphatic heterocycles. The minimum absolute atomic E-state index is 0.162. The molecule has 5 nitrogen and oxygen atoms in total. The molecule has 1 fully saturated rings. The van der Waals surface area contributed by atoms with Crippen LogP contribution < -0.4 is 4.90 Å². The van der Waals surface area contributed by atoms with Gasteiger partial charge in [-0.1, -0.05) is 17.3 Å². The van der Waals surface area contributed by atoms with Crippen molar-refractivity contribution < 1.29 is 13.3 Å². The van der Waals surface area contributed by atoms with Crippen LogP contribution in [-0.4, -0.2) is 36.2 Å². The number of aromatic nitrogens is 1. The first-order valence-corrected chi connectivity index (χ1v) is 8.01. The van der Waals surface area contributed by atoms with Gasteiger partial charge in [-0.3, -0.25) is 4.90 Å². The van der Waals surface area contributed by atoms with Crippen molar-refractivity contribution >= 4 is 5.69 Å². The zero-order chi connectivity index (χ0) is 16.4. The monoisotopic (exact) mass is 327 g/mol. The molecule has 1 saturated heterocycles. The number of furan rings is 1. The summed E-state index contributed by atoms with van der Waals surface area (Å²) in [5.74, 6) is 1.16. The molecular weight excluding hydrogens is 309 g/mol. The van der Waals surface area contributed by atoms with E-state index in [0.29, 0.717) is 17.2 Å². The predicted molar refractivity (Wildman–Crippen MR) is 88.1 cm³/mol. The Morgan fingerprint density at radius 2 is 1.83 bits per heavy atom. The molecule has 6 heteroatoms. The molecule has 3 aromatic rings. The average molecular weight is 327 g/mol. The van der Waals surface area contributed by atoms with Crippen molar-refractivity contribution in [1.82, 2.24) is 10.1 Å². The van der Waals surface area contributed by atoms with Gasteiger partial charge in [0.1, 0.15) is 5.82 Å². The van der Waals surface area contributed by atoms with Crippen LogP contribution in [0.3, 0.4) is 0 Å². The van der Waals surface area contributed by atoms with Gasteiger partial charge >= 0.3 is 0 Å². The average Bonchev–Trinajstić information content (AvgIpc) is 3.27. The highest BCUT2D eigenvalue weighted by Gasteiger charge is 2.20. The van der Waals surface area contributed by atoms with E-state index in [1.54, 1.807) is 12.3 Å².